The number of methoxy groups -OCH3 is 1. The summed E-state index contributed by atoms with van der Waals surface area (Å²) in [5.74, 6) is -0.524. The molecule has 1 aliphatic carbocycles. The fourth-order valence-corrected chi connectivity index (χ4v) is 2.13. The van der Waals surface area contributed by atoms with Gasteiger partial charge in [-0.15, -0.1) is 0 Å². The maximum atomic E-state index is 12.2. The SMILES string of the molecule is COCCNC(=O)C1(C(=O)Nc2cccc(Cl)c2)CC1. The summed E-state index contributed by atoms with van der Waals surface area (Å²) in [5.41, 5.74) is -0.339. The first-order valence-electron chi connectivity index (χ1n) is 6.43. The summed E-state index contributed by atoms with van der Waals surface area (Å²) >= 11 is 5.86. The lowest BCUT2D eigenvalue weighted by molar-refractivity contribution is -0.134. The van der Waals surface area contributed by atoms with Gasteiger partial charge in [-0.05, 0) is 31.0 Å². The Morgan fingerprint density at radius 2 is 2.10 bits per heavy atom. The van der Waals surface area contributed by atoms with Crippen molar-refractivity contribution in [1.82, 2.24) is 5.32 Å². The van der Waals surface area contributed by atoms with Crippen molar-refractivity contribution >= 4 is 29.1 Å². The number of carbonyl (C=O) groups excluding carboxylic acids is 2. The molecule has 0 spiro atoms. The van der Waals surface area contributed by atoms with Crippen LogP contribution in [0.2, 0.25) is 5.02 Å². The van der Waals surface area contributed by atoms with E-state index in [4.69, 9.17) is 16.3 Å². The molecule has 108 valence electrons. The number of hydrogen-bond donors (Lipinski definition) is 2. The first-order valence-corrected chi connectivity index (χ1v) is 6.80. The molecule has 0 atom stereocenters. The third-order valence-corrected chi connectivity index (χ3v) is 3.53. The van der Waals surface area contributed by atoms with Crippen molar-refractivity contribution in [2.75, 3.05) is 25.6 Å². The molecule has 0 unspecified atom stereocenters. The Hall–Kier alpha value is -1.59. The van der Waals surface area contributed by atoms with Crippen molar-refractivity contribution in [3.8, 4) is 0 Å². The van der Waals surface area contributed by atoms with Gasteiger partial charge in [-0.1, -0.05) is 17.7 Å². The summed E-state index contributed by atoms with van der Waals surface area (Å²) in [7, 11) is 1.56. The predicted octanol–water partition coefficient (Wildman–Crippen LogP) is 1.82. The third-order valence-electron chi connectivity index (χ3n) is 3.29. The summed E-state index contributed by atoms with van der Waals surface area (Å²) in [6.07, 6.45) is 1.14. The van der Waals surface area contributed by atoms with E-state index in [1.165, 1.54) is 0 Å². The first kappa shape index (κ1) is 14.8. The summed E-state index contributed by atoms with van der Waals surface area (Å²) < 4.78 is 4.86. The molecule has 5 nitrogen and oxygen atoms in total. The van der Waals surface area contributed by atoms with Crippen LogP contribution in [-0.4, -0.2) is 32.1 Å². The number of rotatable bonds is 6. The molecule has 6 heteroatoms. The highest BCUT2D eigenvalue weighted by Crippen LogP contribution is 2.46. The number of halogens is 1. The molecule has 2 rings (SSSR count). The van der Waals surface area contributed by atoms with Crippen LogP contribution in [0.15, 0.2) is 24.3 Å². The third kappa shape index (κ3) is 3.29. The van der Waals surface area contributed by atoms with Gasteiger partial charge in [0, 0.05) is 24.4 Å². The van der Waals surface area contributed by atoms with Gasteiger partial charge in [0.15, 0.2) is 0 Å². The van der Waals surface area contributed by atoms with Gasteiger partial charge in [0.25, 0.3) is 0 Å². The first-order chi connectivity index (χ1) is 9.58. The molecule has 0 aliphatic heterocycles. The number of carbonyl (C=O) groups is 2. The summed E-state index contributed by atoms with van der Waals surface area (Å²) in [5, 5.41) is 5.99. The maximum Gasteiger partial charge on any atom is 0.240 e. The Labute approximate surface area is 122 Å². The predicted molar refractivity (Wildman–Crippen MR) is 76.6 cm³/mol. The second kappa shape index (κ2) is 6.24. The molecular weight excluding hydrogens is 280 g/mol. The van der Waals surface area contributed by atoms with E-state index in [2.05, 4.69) is 10.6 Å². The van der Waals surface area contributed by atoms with Gasteiger partial charge < -0.3 is 15.4 Å². The van der Waals surface area contributed by atoms with Crippen LogP contribution in [0.4, 0.5) is 5.69 Å². The molecule has 1 fully saturated rings. The Bertz CT molecular complexity index is 515. The van der Waals surface area contributed by atoms with Crippen LogP contribution in [0.1, 0.15) is 12.8 Å². The molecule has 2 N–H and O–H groups in total. The maximum absolute atomic E-state index is 12.2. The fourth-order valence-electron chi connectivity index (χ4n) is 1.94. The zero-order valence-corrected chi connectivity index (χ0v) is 12.0. The average Bonchev–Trinajstić information content (AvgIpc) is 3.20. The highest BCUT2D eigenvalue weighted by molar-refractivity contribution is 6.31. The standard InChI is InChI=1S/C14H17ClN2O3/c1-20-8-7-16-12(18)14(5-6-14)13(19)17-11-4-2-3-10(15)9-11/h2-4,9H,5-8H2,1H3,(H,16,18)(H,17,19). The van der Waals surface area contributed by atoms with E-state index in [9.17, 15) is 9.59 Å². The van der Waals surface area contributed by atoms with Crippen LogP contribution in [0.5, 0.6) is 0 Å². The Kier molecular flexibility index (Phi) is 4.62. The van der Waals surface area contributed by atoms with Crippen molar-refractivity contribution in [3.05, 3.63) is 29.3 Å². The molecule has 0 radical (unpaired) electrons. The second-order valence-electron chi connectivity index (χ2n) is 4.80. The molecule has 20 heavy (non-hydrogen) atoms. The van der Waals surface area contributed by atoms with E-state index in [0.29, 0.717) is 36.7 Å². The zero-order valence-electron chi connectivity index (χ0n) is 11.2. The number of benzene rings is 1. The molecule has 0 bridgehead atoms. The fraction of sp³-hybridized carbons (Fsp3) is 0.429. The molecule has 0 saturated heterocycles. The normalized spacial score (nSPS) is 15.5. The van der Waals surface area contributed by atoms with Crippen molar-refractivity contribution in [2.24, 2.45) is 5.41 Å². The van der Waals surface area contributed by atoms with E-state index in [1.54, 1.807) is 31.4 Å². The van der Waals surface area contributed by atoms with Crippen molar-refractivity contribution in [2.45, 2.75) is 12.8 Å². The van der Waals surface area contributed by atoms with Crippen LogP contribution in [0, 0.1) is 5.41 Å². The molecule has 1 aromatic carbocycles. The van der Waals surface area contributed by atoms with Gasteiger partial charge in [-0.25, -0.2) is 0 Å². The Morgan fingerprint density at radius 3 is 2.70 bits per heavy atom. The number of nitrogens with one attached hydrogen (secondary N) is 2. The minimum absolute atomic E-state index is 0.242. The number of hydrogen-bond acceptors (Lipinski definition) is 3. The van der Waals surface area contributed by atoms with Gasteiger partial charge in [0.05, 0.1) is 6.61 Å². The number of anilines is 1. The van der Waals surface area contributed by atoms with Crippen molar-refractivity contribution < 1.29 is 14.3 Å². The lowest BCUT2D eigenvalue weighted by Gasteiger charge is -2.15. The molecule has 0 aromatic heterocycles. The Morgan fingerprint density at radius 1 is 1.35 bits per heavy atom. The largest absolute Gasteiger partial charge is 0.383 e. The zero-order chi connectivity index (χ0) is 14.6. The van der Waals surface area contributed by atoms with Gasteiger partial charge in [0.2, 0.25) is 11.8 Å². The van der Waals surface area contributed by atoms with Gasteiger partial charge >= 0.3 is 0 Å². The molecule has 1 aliphatic rings. The second-order valence-corrected chi connectivity index (χ2v) is 5.23. The lowest BCUT2D eigenvalue weighted by Crippen LogP contribution is -2.41. The van der Waals surface area contributed by atoms with Crippen LogP contribution in [0.25, 0.3) is 0 Å². The lowest BCUT2D eigenvalue weighted by atomic mass is 10.1. The summed E-state index contributed by atoms with van der Waals surface area (Å²) in [4.78, 5) is 24.3. The number of ether oxygens (including phenoxy) is 1. The number of amides is 2. The monoisotopic (exact) mass is 296 g/mol. The average molecular weight is 297 g/mol. The molecule has 1 aromatic rings. The topological polar surface area (TPSA) is 67.4 Å². The minimum atomic E-state index is -0.934. The molecule has 2 amide bonds. The minimum Gasteiger partial charge on any atom is -0.383 e. The van der Waals surface area contributed by atoms with E-state index in [1.807, 2.05) is 0 Å². The summed E-state index contributed by atoms with van der Waals surface area (Å²) in [6, 6.07) is 6.86. The van der Waals surface area contributed by atoms with Gasteiger partial charge in [0.1, 0.15) is 5.41 Å². The van der Waals surface area contributed by atoms with E-state index in [-0.39, 0.29) is 11.8 Å². The van der Waals surface area contributed by atoms with Gasteiger partial charge in [-0.2, -0.15) is 0 Å². The van der Waals surface area contributed by atoms with Gasteiger partial charge in [-0.3, -0.25) is 9.59 Å². The highest BCUT2D eigenvalue weighted by Gasteiger charge is 2.56. The van der Waals surface area contributed by atoms with Crippen LogP contribution in [0.3, 0.4) is 0 Å². The van der Waals surface area contributed by atoms with Crippen molar-refractivity contribution in [3.63, 3.8) is 0 Å². The summed E-state index contributed by atoms with van der Waals surface area (Å²) in [6.45, 7) is 0.833. The van der Waals surface area contributed by atoms with Crippen LogP contribution < -0.4 is 10.6 Å². The van der Waals surface area contributed by atoms with E-state index >= 15 is 0 Å². The molecule has 1 saturated carbocycles. The highest BCUT2D eigenvalue weighted by atomic mass is 35.5. The van der Waals surface area contributed by atoms with E-state index < -0.39 is 5.41 Å². The quantitative estimate of drug-likeness (QED) is 0.621. The Balaban J connectivity index is 1.96. The van der Waals surface area contributed by atoms with Crippen molar-refractivity contribution in [1.29, 1.82) is 0 Å². The smallest absolute Gasteiger partial charge is 0.240 e. The molecular formula is C14H17ClN2O3. The van der Waals surface area contributed by atoms with Crippen LogP contribution >= 0.6 is 11.6 Å². The van der Waals surface area contributed by atoms with E-state index in [0.717, 1.165) is 0 Å². The molecule has 0 heterocycles. The van der Waals surface area contributed by atoms with Crippen LogP contribution in [-0.2, 0) is 14.3 Å².